The van der Waals surface area contributed by atoms with E-state index in [0.29, 0.717) is 5.56 Å². The van der Waals surface area contributed by atoms with Crippen molar-refractivity contribution in [3.8, 4) is 22.5 Å². The molecule has 2 aliphatic rings. The van der Waals surface area contributed by atoms with Crippen molar-refractivity contribution in [2.24, 2.45) is 0 Å². The van der Waals surface area contributed by atoms with Crippen molar-refractivity contribution in [1.29, 1.82) is 0 Å². The van der Waals surface area contributed by atoms with E-state index < -0.39 is 5.97 Å². The lowest BCUT2D eigenvalue weighted by Crippen LogP contribution is -2.32. The first-order valence-corrected chi connectivity index (χ1v) is 43.5. The highest BCUT2D eigenvalue weighted by atomic mass is 16.4. The molecule has 1 aliphatic carbocycles. The molecule has 1 aliphatic heterocycles. The maximum absolute atomic E-state index is 13.1. The molecule has 4 rings (SSSR count). The number of nitrogens with zero attached hydrogens (tertiary/aromatic N) is 2. The molecule has 5 nitrogen and oxygen atoms in total. The predicted octanol–water partition coefficient (Wildman–Crippen LogP) is 30.3. The summed E-state index contributed by atoms with van der Waals surface area (Å²) in [6.45, 7) is 13.4. The topological polar surface area (TPSA) is 56.7 Å². The van der Waals surface area contributed by atoms with Crippen LogP contribution in [0.5, 0.6) is 0 Å². The molecular formula is C92H158N2O3. The molecule has 0 atom stereocenters. The first-order valence-electron chi connectivity index (χ1n) is 43.5. The average Bonchev–Trinajstić information content (AvgIpc) is 0.749. The summed E-state index contributed by atoms with van der Waals surface area (Å²) in [4.78, 5) is 15.7. The van der Waals surface area contributed by atoms with Gasteiger partial charge in [-0.2, -0.15) is 13.3 Å². The summed E-state index contributed by atoms with van der Waals surface area (Å²) in [6, 6.07) is 21.4. The Morgan fingerprint density at radius 2 is 0.701 bits per heavy atom. The molecule has 1 heterocycles. The maximum atomic E-state index is 13.1. The van der Waals surface area contributed by atoms with Gasteiger partial charge in [0, 0.05) is 60.3 Å². The van der Waals surface area contributed by atoms with E-state index in [9.17, 15) is 9.90 Å². The van der Waals surface area contributed by atoms with Crippen LogP contribution in [0.2, 0.25) is 0 Å². The summed E-state index contributed by atoms with van der Waals surface area (Å²) in [5.41, 5.74) is 5.14. The van der Waals surface area contributed by atoms with Crippen molar-refractivity contribution >= 4 is 22.6 Å². The first kappa shape index (κ1) is 85.8. The van der Waals surface area contributed by atoms with Crippen LogP contribution in [0.1, 0.15) is 443 Å². The lowest BCUT2D eigenvalue weighted by atomic mass is 9.90. The molecule has 0 bridgehead atoms. The second-order valence-electron chi connectivity index (χ2n) is 30.7. The molecular weight excluding hydrogens is 1180 g/mol. The molecule has 2 aromatic rings. The van der Waals surface area contributed by atoms with Gasteiger partial charge in [-0.05, 0) is 55.5 Å². The molecule has 97 heavy (non-hydrogen) atoms. The molecule has 0 saturated heterocycles. The Balaban J connectivity index is 1.49. The summed E-state index contributed by atoms with van der Waals surface area (Å²) >= 11 is 0. The zero-order chi connectivity index (χ0) is 68.8. The number of rotatable bonds is 71. The van der Waals surface area contributed by atoms with Crippen LogP contribution in [-0.2, 0) is 0 Å². The van der Waals surface area contributed by atoms with Crippen LogP contribution in [0.25, 0.3) is 33.4 Å². The van der Waals surface area contributed by atoms with Crippen molar-refractivity contribution in [2.75, 3.05) is 31.1 Å². The summed E-state index contributed by atoms with van der Waals surface area (Å²) in [5, 5.41) is 12.9. The van der Waals surface area contributed by atoms with Gasteiger partial charge in [0.05, 0.1) is 11.6 Å². The number of carboxylic acid groups (broad SMARTS) is 1. The fourth-order valence-corrected chi connectivity index (χ4v) is 15.5. The van der Waals surface area contributed by atoms with Crippen LogP contribution in [0, 0.1) is 6.42 Å². The second kappa shape index (κ2) is 62.2. The molecule has 0 unspecified atom stereocenters. The third kappa shape index (κ3) is 42.4. The highest BCUT2D eigenvalue weighted by molar-refractivity contribution is 6.07. The molecule has 0 fully saturated rings. The van der Waals surface area contributed by atoms with Crippen LogP contribution >= 0.6 is 0 Å². The number of carbonyl (C=O) groups is 1. The molecule has 1 N–H and O–H groups in total. The van der Waals surface area contributed by atoms with Crippen molar-refractivity contribution in [1.82, 2.24) is 4.58 Å². The van der Waals surface area contributed by atoms with Crippen molar-refractivity contribution in [3.05, 3.63) is 78.0 Å². The van der Waals surface area contributed by atoms with E-state index in [0.717, 1.165) is 59.6 Å². The van der Waals surface area contributed by atoms with E-state index in [-0.39, 0.29) is 0 Å². The number of aromatic carboxylic acids is 1. The highest BCUT2D eigenvalue weighted by Crippen LogP contribution is 2.42. The highest BCUT2D eigenvalue weighted by Gasteiger charge is 2.23. The Kier molecular flexibility index (Phi) is 55.0. The Labute approximate surface area is 601 Å². The molecule has 0 saturated carbocycles. The Morgan fingerprint density at radius 1 is 0.371 bits per heavy atom. The third-order valence-electron chi connectivity index (χ3n) is 21.9. The zero-order valence-corrected chi connectivity index (χ0v) is 64.9. The molecule has 0 amide bonds. The monoisotopic (exact) mass is 1340 g/mol. The lowest BCUT2D eigenvalue weighted by Gasteiger charge is -2.26. The van der Waals surface area contributed by atoms with E-state index in [2.05, 4.69) is 80.0 Å². The van der Waals surface area contributed by atoms with Gasteiger partial charge in [-0.3, -0.25) is 0 Å². The van der Waals surface area contributed by atoms with Crippen molar-refractivity contribution in [2.45, 2.75) is 432 Å². The molecule has 0 aromatic heterocycles. The van der Waals surface area contributed by atoms with Crippen LogP contribution in [-0.4, -0.2) is 37.3 Å². The number of benzene rings is 3. The fourth-order valence-electron chi connectivity index (χ4n) is 15.5. The average molecular weight is 1340 g/mol. The minimum Gasteiger partial charge on any atom is -0.478 e. The summed E-state index contributed by atoms with van der Waals surface area (Å²) in [5.74, 6) is -0.0417. The largest absolute Gasteiger partial charge is 0.478 e. The first-order chi connectivity index (χ1) is 48.0. The quantitative estimate of drug-likeness (QED) is 0.0207. The number of fused-ring (bicyclic) bond motifs is 2. The SMILES string of the molecule is C[CH-]CCCCCCCCCCCCCCCC[N+](CCCCCCCCCCCCCCCCCC)=c1ccc2c(-c3ccccc3C(=O)O)c3ccc(N(CCCCCCCCCCCCCCCCCC)CCCCCCCCCCCCCCCCCC)cc3oc-2c1. The van der Waals surface area contributed by atoms with E-state index >= 15 is 0 Å². The smallest absolute Gasteiger partial charge is 0.336 e. The van der Waals surface area contributed by atoms with Gasteiger partial charge >= 0.3 is 5.97 Å². The Morgan fingerprint density at radius 3 is 1.05 bits per heavy atom. The predicted molar refractivity (Wildman–Crippen MR) is 430 cm³/mol. The Bertz CT molecular complexity index is 2380. The second-order valence-corrected chi connectivity index (χ2v) is 30.7. The van der Waals surface area contributed by atoms with Gasteiger partial charge in [0.2, 0.25) is 5.36 Å². The van der Waals surface area contributed by atoms with Gasteiger partial charge in [-0.15, -0.1) is 0 Å². The van der Waals surface area contributed by atoms with E-state index in [1.165, 1.54) is 416 Å². The van der Waals surface area contributed by atoms with Crippen LogP contribution in [0.15, 0.2) is 65.1 Å². The van der Waals surface area contributed by atoms with Gasteiger partial charge in [-0.1, -0.05) is 399 Å². The number of unbranched alkanes of at least 4 members (excludes halogenated alkanes) is 60. The van der Waals surface area contributed by atoms with Gasteiger partial charge in [0.15, 0.2) is 0 Å². The standard InChI is InChI=1S/C92H158N2O3/c1-5-9-13-17-21-25-29-33-37-41-45-49-53-57-61-67-77-93(78-68-62-58-54-50-46-42-38-34-30-26-22-18-14-10-6-2)83-73-75-87-89(81-83)97-90-82-84(74-76-88(90)91(87)85-71-65-66-72-86(85)92(95)96)94(79-69-63-59-55-51-47-43-39-35-31-27-23-19-15-11-7-3)80-70-64-60-56-52-48-44-40-36-32-28-24-20-16-12-8-4/h5,65-66,71-76,81-82H,6-64,67-70,77-80H2,1-4H3,(H,95,96). The molecule has 0 spiro atoms. The van der Waals surface area contributed by atoms with Gasteiger partial charge in [-0.25, -0.2) is 9.37 Å². The van der Waals surface area contributed by atoms with Crippen LogP contribution in [0.3, 0.4) is 0 Å². The lowest BCUT2D eigenvalue weighted by molar-refractivity contribution is 0.0697. The third-order valence-corrected chi connectivity index (χ3v) is 21.9. The van der Waals surface area contributed by atoms with Crippen LogP contribution < -0.4 is 14.8 Å². The summed E-state index contributed by atoms with van der Waals surface area (Å²) in [7, 11) is 0. The molecule has 2 aromatic carbocycles. The Hall–Kier alpha value is -3.60. The summed E-state index contributed by atoms with van der Waals surface area (Å²) in [6.07, 6.45) is 89.2. The minimum atomic E-state index is -0.891. The zero-order valence-electron chi connectivity index (χ0n) is 64.9. The minimum absolute atomic E-state index is 0.339. The molecule has 554 valence electrons. The van der Waals surface area contributed by atoms with Gasteiger partial charge in [0.25, 0.3) is 0 Å². The number of carboxylic acids is 1. The fraction of sp³-hybridized carbons (Fsp3) is 0.772. The van der Waals surface area contributed by atoms with Crippen molar-refractivity contribution < 1.29 is 14.3 Å². The summed E-state index contributed by atoms with van der Waals surface area (Å²) < 4.78 is 9.90. The van der Waals surface area contributed by atoms with E-state index in [1.54, 1.807) is 6.07 Å². The number of anilines is 1. The van der Waals surface area contributed by atoms with Crippen LogP contribution in [0.4, 0.5) is 5.69 Å². The van der Waals surface area contributed by atoms with Gasteiger partial charge in [0.1, 0.15) is 24.4 Å². The van der Waals surface area contributed by atoms with Crippen molar-refractivity contribution in [3.63, 3.8) is 0 Å². The van der Waals surface area contributed by atoms with E-state index in [4.69, 9.17) is 4.42 Å². The van der Waals surface area contributed by atoms with Gasteiger partial charge < -0.3 is 20.8 Å². The van der Waals surface area contributed by atoms with E-state index in [1.807, 2.05) is 18.2 Å². The number of hydrogen-bond donors (Lipinski definition) is 1. The molecule has 5 heteroatoms. The normalized spacial score (nSPS) is 12.1. The molecule has 0 radical (unpaired) electrons. The number of hydrogen-bond acceptors (Lipinski definition) is 3. The maximum Gasteiger partial charge on any atom is 0.336 e.